The van der Waals surface area contributed by atoms with Gasteiger partial charge in [-0.15, -0.1) is 0 Å². The fourth-order valence-corrected chi connectivity index (χ4v) is 3.71. The van der Waals surface area contributed by atoms with Crippen molar-refractivity contribution in [1.82, 2.24) is 10.2 Å². The Kier molecular flexibility index (Phi) is 5.26. The molecule has 132 valence electrons. The van der Waals surface area contributed by atoms with Gasteiger partial charge in [0.05, 0.1) is 19.8 Å². The summed E-state index contributed by atoms with van der Waals surface area (Å²) in [6.07, 6.45) is 2.65. The molecule has 0 radical (unpaired) electrons. The van der Waals surface area contributed by atoms with Gasteiger partial charge in [-0.2, -0.15) is 0 Å². The first-order valence-corrected chi connectivity index (χ1v) is 8.55. The Morgan fingerprint density at radius 2 is 2.17 bits per heavy atom. The predicted molar refractivity (Wildman–Crippen MR) is 90.4 cm³/mol. The summed E-state index contributed by atoms with van der Waals surface area (Å²) in [6.45, 7) is 3.22. The minimum Gasteiger partial charge on any atom is -0.490 e. The second-order valence-corrected chi connectivity index (χ2v) is 6.36. The van der Waals surface area contributed by atoms with Gasteiger partial charge in [0, 0.05) is 32.7 Å². The Morgan fingerprint density at radius 3 is 2.96 bits per heavy atom. The molecule has 1 aromatic rings. The first kappa shape index (κ1) is 17.0. The fourth-order valence-electron chi connectivity index (χ4n) is 3.71. The van der Waals surface area contributed by atoms with Gasteiger partial charge < -0.3 is 19.5 Å². The summed E-state index contributed by atoms with van der Waals surface area (Å²) in [5, 5.41) is 2.80. The highest BCUT2D eigenvalue weighted by Crippen LogP contribution is 2.37. The number of carbonyl (C=O) groups is 1. The van der Waals surface area contributed by atoms with E-state index in [1.165, 1.54) is 0 Å². The summed E-state index contributed by atoms with van der Waals surface area (Å²) in [5.41, 5.74) is 0.443. The third-order valence-electron chi connectivity index (χ3n) is 4.87. The number of para-hydroxylation sites is 1. The van der Waals surface area contributed by atoms with Crippen LogP contribution in [0.3, 0.4) is 0 Å². The van der Waals surface area contributed by atoms with E-state index in [4.69, 9.17) is 14.2 Å². The van der Waals surface area contributed by atoms with Crippen LogP contribution < -0.4 is 14.8 Å². The first-order valence-electron chi connectivity index (χ1n) is 8.55. The van der Waals surface area contributed by atoms with Gasteiger partial charge in [-0.25, -0.2) is 0 Å². The molecule has 0 aromatic heterocycles. The van der Waals surface area contributed by atoms with Crippen LogP contribution in [0.2, 0.25) is 0 Å². The quantitative estimate of drug-likeness (QED) is 0.886. The highest BCUT2D eigenvalue weighted by Gasteiger charge is 2.47. The van der Waals surface area contributed by atoms with Crippen LogP contribution in [0.4, 0.5) is 0 Å². The van der Waals surface area contributed by atoms with Crippen molar-refractivity contribution < 1.29 is 19.0 Å². The number of nitrogens with zero attached hydrogens (tertiary/aromatic N) is 1. The van der Waals surface area contributed by atoms with E-state index in [-0.39, 0.29) is 5.91 Å². The fraction of sp³-hybridized carbons (Fsp3) is 0.611. The average molecular weight is 334 g/mol. The van der Waals surface area contributed by atoms with E-state index in [1.807, 2.05) is 18.2 Å². The number of hydrogen-bond acceptors (Lipinski definition) is 5. The van der Waals surface area contributed by atoms with Crippen molar-refractivity contribution in [2.24, 2.45) is 0 Å². The number of fused-ring (bicyclic) bond motifs is 1. The summed E-state index contributed by atoms with van der Waals surface area (Å²) in [7, 11) is 3.33. The molecule has 0 spiro atoms. The average Bonchev–Trinajstić information content (AvgIpc) is 2.83. The van der Waals surface area contributed by atoms with Crippen molar-refractivity contribution in [2.45, 2.75) is 31.3 Å². The van der Waals surface area contributed by atoms with Crippen LogP contribution in [-0.4, -0.2) is 56.9 Å². The molecule has 0 saturated carbocycles. The molecular weight excluding hydrogens is 308 g/mol. The lowest BCUT2D eigenvalue weighted by Gasteiger charge is -2.36. The van der Waals surface area contributed by atoms with E-state index >= 15 is 0 Å². The number of nitrogens with one attached hydrogen (secondary N) is 1. The second kappa shape index (κ2) is 7.40. The molecule has 6 heteroatoms. The van der Waals surface area contributed by atoms with E-state index < -0.39 is 5.54 Å². The van der Waals surface area contributed by atoms with Crippen LogP contribution in [0.25, 0.3) is 0 Å². The van der Waals surface area contributed by atoms with Gasteiger partial charge in [-0.05, 0) is 25.5 Å². The zero-order chi connectivity index (χ0) is 17.0. The van der Waals surface area contributed by atoms with Crippen molar-refractivity contribution in [1.29, 1.82) is 0 Å². The van der Waals surface area contributed by atoms with Crippen LogP contribution in [-0.2, 0) is 16.1 Å². The van der Waals surface area contributed by atoms with E-state index in [0.29, 0.717) is 26.4 Å². The van der Waals surface area contributed by atoms with Crippen molar-refractivity contribution in [2.75, 3.05) is 40.5 Å². The molecule has 1 aromatic carbocycles. The van der Waals surface area contributed by atoms with Crippen molar-refractivity contribution in [3.63, 3.8) is 0 Å². The molecule has 0 aliphatic carbocycles. The highest BCUT2D eigenvalue weighted by molar-refractivity contribution is 5.86. The van der Waals surface area contributed by atoms with Gasteiger partial charge in [0.15, 0.2) is 11.5 Å². The molecule has 1 atom stereocenters. The maximum atomic E-state index is 12.6. The minimum atomic E-state index is -0.613. The summed E-state index contributed by atoms with van der Waals surface area (Å²) in [5.74, 6) is 1.62. The molecule has 24 heavy (non-hydrogen) atoms. The molecule has 6 nitrogen and oxygen atoms in total. The third-order valence-corrected chi connectivity index (χ3v) is 4.87. The van der Waals surface area contributed by atoms with Crippen molar-refractivity contribution in [3.8, 4) is 11.5 Å². The van der Waals surface area contributed by atoms with Gasteiger partial charge in [-0.1, -0.05) is 12.1 Å². The van der Waals surface area contributed by atoms with Crippen LogP contribution >= 0.6 is 0 Å². The normalized spacial score (nSPS) is 23.8. The monoisotopic (exact) mass is 334 g/mol. The summed E-state index contributed by atoms with van der Waals surface area (Å²) in [4.78, 5) is 14.8. The lowest BCUT2D eigenvalue weighted by atomic mass is 9.95. The van der Waals surface area contributed by atoms with Gasteiger partial charge in [0.25, 0.3) is 0 Å². The maximum absolute atomic E-state index is 12.6. The van der Waals surface area contributed by atoms with Crippen LogP contribution in [0.5, 0.6) is 11.5 Å². The van der Waals surface area contributed by atoms with Gasteiger partial charge in [-0.3, -0.25) is 9.69 Å². The molecular formula is C18H26N2O4. The lowest BCUT2D eigenvalue weighted by Crippen LogP contribution is -2.57. The summed E-state index contributed by atoms with van der Waals surface area (Å²) < 4.78 is 17.1. The molecule has 1 unspecified atom stereocenters. The molecule has 0 bridgehead atoms. The van der Waals surface area contributed by atoms with Crippen molar-refractivity contribution in [3.05, 3.63) is 23.8 Å². The van der Waals surface area contributed by atoms with E-state index in [0.717, 1.165) is 42.9 Å². The zero-order valence-corrected chi connectivity index (χ0v) is 14.5. The van der Waals surface area contributed by atoms with Gasteiger partial charge >= 0.3 is 0 Å². The Labute approximate surface area is 143 Å². The molecule has 2 aliphatic rings. The first-order chi connectivity index (χ1) is 11.7. The number of ether oxygens (including phenoxy) is 3. The maximum Gasteiger partial charge on any atom is 0.242 e. The standard InChI is InChI=1S/C18H26N2O4/c1-19-17(21)18(13-22-2)8-4-9-20(18)12-14-6-3-7-15-16(14)24-11-5-10-23-15/h3,6-7H,4-5,8-13H2,1-2H3,(H,19,21). The van der Waals surface area contributed by atoms with Crippen LogP contribution in [0.1, 0.15) is 24.8 Å². The number of benzene rings is 1. The second-order valence-electron chi connectivity index (χ2n) is 6.36. The summed E-state index contributed by atoms with van der Waals surface area (Å²) >= 11 is 0. The Balaban J connectivity index is 1.88. The number of carbonyl (C=O) groups excluding carboxylic acids is 1. The van der Waals surface area contributed by atoms with Gasteiger partial charge in [0.1, 0.15) is 5.54 Å². The molecule has 1 fully saturated rings. The van der Waals surface area contributed by atoms with E-state index in [9.17, 15) is 4.79 Å². The number of likely N-dealkylation sites (N-methyl/N-ethyl adjacent to an activating group) is 1. The topological polar surface area (TPSA) is 60.0 Å². The predicted octanol–water partition coefficient (Wildman–Crippen LogP) is 1.57. The molecule has 1 amide bonds. The highest BCUT2D eigenvalue weighted by atomic mass is 16.5. The number of amides is 1. The molecule has 1 N–H and O–H groups in total. The van der Waals surface area contributed by atoms with Crippen LogP contribution in [0.15, 0.2) is 18.2 Å². The number of likely N-dealkylation sites (tertiary alicyclic amines) is 1. The van der Waals surface area contributed by atoms with E-state index in [1.54, 1.807) is 14.2 Å². The molecule has 2 aliphatic heterocycles. The Hall–Kier alpha value is -1.79. The van der Waals surface area contributed by atoms with Crippen LogP contribution in [0, 0.1) is 0 Å². The summed E-state index contributed by atoms with van der Waals surface area (Å²) in [6, 6.07) is 5.97. The molecule has 2 heterocycles. The number of rotatable bonds is 5. The number of hydrogen-bond donors (Lipinski definition) is 1. The van der Waals surface area contributed by atoms with Gasteiger partial charge in [0.2, 0.25) is 5.91 Å². The zero-order valence-electron chi connectivity index (χ0n) is 14.5. The Bertz CT molecular complexity index is 592. The van der Waals surface area contributed by atoms with Crippen molar-refractivity contribution >= 4 is 5.91 Å². The largest absolute Gasteiger partial charge is 0.490 e. The lowest BCUT2D eigenvalue weighted by molar-refractivity contribution is -0.135. The Morgan fingerprint density at radius 1 is 1.33 bits per heavy atom. The minimum absolute atomic E-state index is 0.0149. The molecule has 1 saturated heterocycles. The molecule has 3 rings (SSSR count). The number of methoxy groups -OCH3 is 1. The van der Waals surface area contributed by atoms with E-state index in [2.05, 4.69) is 10.2 Å². The third kappa shape index (κ3) is 3.08. The smallest absolute Gasteiger partial charge is 0.242 e. The SMILES string of the molecule is CNC(=O)C1(COC)CCCN1Cc1cccc2c1OCCCO2.